The maximum absolute atomic E-state index is 13.0. The number of halogens is 2. The van der Waals surface area contributed by atoms with E-state index in [1.54, 1.807) is 6.07 Å². The quantitative estimate of drug-likeness (QED) is 0.594. The molecule has 76 valence electrons. The Hall–Kier alpha value is -0.920. The molecular weight excluding hydrogens is 182 g/mol. The molecule has 2 rings (SSSR count). The lowest BCUT2D eigenvalue weighted by Gasteiger charge is -2.32. The first-order valence-electron chi connectivity index (χ1n) is 4.82. The fourth-order valence-electron chi connectivity index (χ4n) is 1.79. The number of benzene rings is 1. The third-order valence-electron chi connectivity index (χ3n) is 2.78. The van der Waals surface area contributed by atoms with E-state index in [0.717, 1.165) is 11.1 Å². The summed E-state index contributed by atoms with van der Waals surface area (Å²) < 4.78 is 25.9. The van der Waals surface area contributed by atoms with Crippen LogP contribution in [0.4, 0.5) is 8.78 Å². The summed E-state index contributed by atoms with van der Waals surface area (Å²) in [6.45, 7) is 6.27. The lowest BCUT2D eigenvalue weighted by molar-refractivity contribution is -0.0288. The van der Waals surface area contributed by atoms with E-state index in [-0.39, 0.29) is 17.4 Å². The van der Waals surface area contributed by atoms with Crippen LogP contribution in [0.1, 0.15) is 37.5 Å². The molecule has 2 heteroatoms. The standard InChI is InChI=1S/C12H14F2/c1-11(2,3)9-4-5-10-8(6-9)7-12(10,13)14/h4-6H,7H2,1-3H3. The van der Waals surface area contributed by atoms with Gasteiger partial charge in [0.25, 0.3) is 5.92 Å². The number of hydrogen-bond donors (Lipinski definition) is 0. The van der Waals surface area contributed by atoms with Crippen LogP contribution < -0.4 is 0 Å². The van der Waals surface area contributed by atoms with Crippen molar-refractivity contribution >= 4 is 0 Å². The lowest BCUT2D eigenvalue weighted by atomic mass is 9.78. The molecule has 1 aromatic rings. The van der Waals surface area contributed by atoms with E-state index in [1.807, 2.05) is 12.1 Å². The Kier molecular flexibility index (Phi) is 1.76. The van der Waals surface area contributed by atoms with E-state index in [2.05, 4.69) is 20.8 Å². The summed E-state index contributed by atoms with van der Waals surface area (Å²) in [5, 5.41) is 0. The molecule has 0 fully saturated rings. The fraction of sp³-hybridized carbons (Fsp3) is 0.500. The molecule has 0 aliphatic heterocycles. The van der Waals surface area contributed by atoms with E-state index >= 15 is 0 Å². The minimum absolute atomic E-state index is 0.0416. The smallest absolute Gasteiger partial charge is 0.201 e. The summed E-state index contributed by atoms with van der Waals surface area (Å²) in [6, 6.07) is 5.29. The zero-order valence-electron chi connectivity index (χ0n) is 8.70. The van der Waals surface area contributed by atoms with Crippen LogP contribution >= 0.6 is 0 Å². The highest BCUT2D eigenvalue weighted by atomic mass is 19.3. The zero-order valence-corrected chi connectivity index (χ0v) is 8.70. The van der Waals surface area contributed by atoms with Crippen molar-refractivity contribution in [3.8, 4) is 0 Å². The molecular formula is C12H14F2. The highest BCUT2D eigenvalue weighted by Crippen LogP contribution is 2.44. The molecule has 0 heterocycles. The Bertz CT molecular complexity index is 372. The van der Waals surface area contributed by atoms with Crippen LogP contribution in [0.2, 0.25) is 0 Å². The molecule has 0 spiro atoms. The SMILES string of the molecule is CC(C)(C)c1ccc2c(c1)CC2(F)F. The Morgan fingerprint density at radius 3 is 2.29 bits per heavy atom. The van der Waals surface area contributed by atoms with Crippen LogP contribution in [0.3, 0.4) is 0 Å². The molecule has 0 saturated heterocycles. The Morgan fingerprint density at radius 1 is 1.21 bits per heavy atom. The summed E-state index contributed by atoms with van der Waals surface area (Å²) in [7, 11) is 0. The predicted molar refractivity (Wildman–Crippen MR) is 52.7 cm³/mol. The van der Waals surface area contributed by atoms with Crippen LogP contribution in [0.25, 0.3) is 0 Å². The average Bonchev–Trinajstić information content (AvgIpc) is 2.00. The van der Waals surface area contributed by atoms with Gasteiger partial charge in [-0.1, -0.05) is 39.0 Å². The first-order valence-corrected chi connectivity index (χ1v) is 4.82. The van der Waals surface area contributed by atoms with E-state index < -0.39 is 5.92 Å². The molecule has 0 nitrogen and oxygen atoms in total. The highest BCUT2D eigenvalue weighted by Gasteiger charge is 2.43. The van der Waals surface area contributed by atoms with Crippen LogP contribution in [0, 0.1) is 0 Å². The van der Waals surface area contributed by atoms with E-state index in [0.29, 0.717) is 0 Å². The third-order valence-corrected chi connectivity index (χ3v) is 2.78. The lowest BCUT2D eigenvalue weighted by Crippen LogP contribution is -2.30. The molecule has 14 heavy (non-hydrogen) atoms. The molecule has 0 saturated carbocycles. The minimum Gasteiger partial charge on any atom is -0.201 e. The molecule has 0 unspecified atom stereocenters. The molecule has 0 amide bonds. The molecule has 0 aromatic heterocycles. The van der Waals surface area contributed by atoms with Crippen molar-refractivity contribution in [1.29, 1.82) is 0 Å². The third kappa shape index (κ3) is 1.33. The second kappa shape index (κ2) is 2.56. The van der Waals surface area contributed by atoms with Crippen LogP contribution in [-0.2, 0) is 17.8 Å². The van der Waals surface area contributed by atoms with Gasteiger partial charge in [-0.2, -0.15) is 0 Å². The summed E-state index contributed by atoms with van der Waals surface area (Å²) in [4.78, 5) is 0. The van der Waals surface area contributed by atoms with Crippen molar-refractivity contribution < 1.29 is 8.78 Å². The zero-order chi connectivity index (χ0) is 10.6. The van der Waals surface area contributed by atoms with Gasteiger partial charge in [0, 0.05) is 12.0 Å². The molecule has 1 aromatic carbocycles. The normalized spacial score (nSPS) is 18.6. The van der Waals surface area contributed by atoms with Crippen LogP contribution in [0.5, 0.6) is 0 Å². The van der Waals surface area contributed by atoms with Gasteiger partial charge < -0.3 is 0 Å². The Morgan fingerprint density at radius 2 is 1.86 bits per heavy atom. The molecule has 0 N–H and O–H groups in total. The monoisotopic (exact) mass is 196 g/mol. The van der Waals surface area contributed by atoms with E-state index in [4.69, 9.17) is 0 Å². The first kappa shape index (κ1) is 9.63. The topological polar surface area (TPSA) is 0 Å². The molecule has 0 radical (unpaired) electrons. The van der Waals surface area contributed by atoms with E-state index in [9.17, 15) is 8.78 Å². The van der Waals surface area contributed by atoms with Crippen molar-refractivity contribution in [2.45, 2.75) is 38.5 Å². The van der Waals surface area contributed by atoms with Gasteiger partial charge in [-0.15, -0.1) is 0 Å². The molecule has 0 atom stereocenters. The van der Waals surface area contributed by atoms with Crippen LogP contribution in [0.15, 0.2) is 18.2 Å². The van der Waals surface area contributed by atoms with Gasteiger partial charge in [0.15, 0.2) is 0 Å². The Labute approximate surface area is 82.9 Å². The molecule has 1 aliphatic rings. The fourth-order valence-corrected chi connectivity index (χ4v) is 1.79. The van der Waals surface area contributed by atoms with Gasteiger partial charge >= 0.3 is 0 Å². The minimum atomic E-state index is -2.58. The summed E-state index contributed by atoms with van der Waals surface area (Å²) in [5.41, 5.74) is 2.19. The van der Waals surface area contributed by atoms with Gasteiger partial charge in [0.1, 0.15) is 0 Å². The van der Waals surface area contributed by atoms with Gasteiger partial charge in [0.2, 0.25) is 0 Å². The van der Waals surface area contributed by atoms with Crippen molar-refractivity contribution in [2.75, 3.05) is 0 Å². The van der Waals surface area contributed by atoms with Crippen LogP contribution in [-0.4, -0.2) is 0 Å². The Balaban J connectivity index is 2.41. The van der Waals surface area contributed by atoms with Crippen molar-refractivity contribution in [1.82, 2.24) is 0 Å². The summed E-state index contributed by atoms with van der Waals surface area (Å²) in [5.74, 6) is -2.58. The number of alkyl halides is 2. The predicted octanol–water partition coefficient (Wildman–Crippen LogP) is 3.63. The number of rotatable bonds is 0. The number of hydrogen-bond acceptors (Lipinski definition) is 0. The van der Waals surface area contributed by atoms with E-state index in [1.165, 1.54) is 0 Å². The largest absolute Gasteiger partial charge is 0.277 e. The highest BCUT2D eigenvalue weighted by molar-refractivity contribution is 5.44. The van der Waals surface area contributed by atoms with Gasteiger partial charge in [-0.3, -0.25) is 0 Å². The van der Waals surface area contributed by atoms with Gasteiger partial charge in [0.05, 0.1) is 0 Å². The van der Waals surface area contributed by atoms with Crippen molar-refractivity contribution in [3.63, 3.8) is 0 Å². The first-order chi connectivity index (χ1) is 6.31. The van der Waals surface area contributed by atoms with Gasteiger partial charge in [-0.05, 0) is 16.5 Å². The number of fused-ring (bicyclic) bond motifs is 1. The second-order valence-electron chi connectivity index (χ2n) is 5.00. The summed E-state index contributed by atoms with van der Waals surface area (Å²) in [6.07, 6.45) is -0.0910. The average molecular weight is 196 g/mol. The molecule has 1 aliphatic carbocycles. The van der Waals surface area contributed by atoms with Crippen molar-refractivity contribution in [2.24, 2.45) is 0 Å². The maximum Gasteiger partial charge on any atom is 0.277 e. The van der Waals surface area contributed by atoms with Gasteiger partial charge in [-0.25, -0.2) is 8.78 Å². The second-order valence-corrected chi connectivity index (χ2v) is 5.00. The van der Waals surface area contributed by atoms with Crippen molar-refractivity contribution in [3.05, 3.63) is 34.9 Å². The summed E-state index contributed by atoms with van der Waals surface area (Å²) >= 11 is 0. The molecule has 0 bridgehead atoms. The maximum atomic E-state index is 13.0.